The van der Waals surface area contributed by atoms with Crippen molar-refractivity contribution in [3.63, 3.8) is 0 Å². The molecule has 0 aliphatic carbocycles. The first-order valence-corrected chi connectivity index (χ1v) is 8.50. The van der Waals surface area contributed by atoms with Crippen molar-refractivity contribution in [3.8, 4) is 0 Å². The highest BCUT2D eigenvalue weighted by atomic mass is 19.1. The van der Waals surface area contributed by atoms with Gasteiger partial charge in [0.1, 0.15) is 11.6 Å². The highest BCUT2D eigenvalue weighted by Gasteiger charge is 2.16. The van der Waals surface area contributed by atoms with Crippen LogP contribution in [0.15, 0.2) is 42.6 Å². The van der Waals surface area contributed by atoms with E-state index in [1.807, 2.05) is 13.1 Å². The molecule has 1 fully saturated rings. The number of aliphatic hydroxyl groups excluding tert-OH is 1. The molecule has 128 valence electrons. The zero-order chi connectivity index (χ0) is 16.9. The molecule has 2 atom stereocenters. The molecule has 0 radical (unpaired) electrons. The molecular formula is C19H24FN3O. The molecule has 1 saturated heterocycles. The van der Waals surface area contributed by atoms with Crippen LogP contribution in [0.25, 0.3) is 0 Å². The first kappa shape index (κ1) is 16.9. The summed E-state index contributed by atoms with van der Waals surface area (Å²) in [5.41, 5.74) is 1.79. The van der Waals surface area contributed by atoms with Gasteiger partial charge in [0.05, 0.1) is 6.10 Å². The number of pyridine rings is 1. The molecule has 4 nitrogen and oxygen atoms in total. The average molecular weight is 329 g/mol. The van der Waals surface area contributed by atoms with Gasteiger partial charge in [-0.15, -0.1) is 0 Å². The van der Waals surface area contributed by atoms with Gasteiger partial charge in [0.15, 0.2) is 0 Å². The molecule has 1 aliphatic heterocycles. The van der Waals surface area contributed by atoms with Crippen molar-refractivity contribution >= 4 is 5.82 Å². The fourth-order valence-electron chi connectivity index (χ4n) is 2.99. The number of aromatic nitrogens is 1. The monoisotopic (exact) mass is 329 g/mol. The van der Waals surface area contributed by atoms with Gasteiger partial charge in [-0.05, 0) is 49.1 Å². The Balaban J connectivity index is 1.53. The Bertz CT molecular complexity index is 639. The molecule has 0 amide bonds. The quantitative estimate of drug-likeness (QED) is 0.855. The zero-order valence-electron chi connectivity index (χ0n) is 14.0. The predicted molar refractivity (Wildman–Crippen MR) is 93.3 cm³/mol. The summed E-state index contributed by atoms with van der Waals surface area (Å²) in [7, 11) is 0. The van der Waals surface area contributed by atoms with Crippen LogP contribution < -0.4 is 10.2 Å². The van der Waals surface area contributed by atoms with Crippen LogP contribution in [-0.2, 0) is 6.54 Å². The van der Waals surface area contributed by atoms with Crippen molar-refractivity contribution in [2.75, 3.05) is 18.0 Å². The normalized spacial score (nSPS) is 17.0. The Kier molecular flexibility index (Phi) is 5.43. The van der Waals surface area contributed by atoms with Gasteiger partial charge in [-0.1, -0.05) is 18.2 Å². The van der Waals surface area contributed by atoms with Crippen LogP contribution in [0.4, 0.5) is 10.2 Å². The fourth-order valence-corrected chi connectivity index (χ4v) is 2.99. The van der Waals surface area contributed by atoms with Crippen molar-refractivity contribution < 1.29 is 9.50 Å². The Labute approximate surface area is 142 Å². The minimum Gasteiger partial charge on any atom is -0.387 e. The molecule has 2 N–H and O–H groups in total. The maximum atomic E-state index is 13.0. The lowest BCUT2D eigenvalue weighted by Gasteiger charge is -2.21. The second-order valence-corrected chi connectivity index (χ2v) is 6.38. The van der Waals surface area contributed by atoms with E-state index in [2.05, 4.69) is 27.3 Å². The number of halogens is 1. The Morgan fingerprint density at radius 1 is 1.17 bits per heavy atom. The van der Waals surface area contributed by atoms with E-state index < -0.39 is 6.10 Å². The van der Waals surface area contributed by atoms with Crippen molar-refractivity contribution in [3.05, 3.63) is 59.5 Å². The number of anilines is 1. The first-order chi connectivity index (χ1) is 11.6. The van der Waals surface area contributed by atoms with Crippen LogP contribution in [0.2, 0.25) is 0 Å². The summed E-state index contributed by atoms with van der Waals surface area (Å²) >= 11 is 0. The Morgan fingerprint density at radius 2 is 1.88 bits per heavy atom. The zero-order valence-corrected chi connectivity index (χ0v) is 14.0. The summed E-state index contributed by atoms with van der Waals surface area (Å²) in [6.45, 7) is 4.73. The molecule has 1 aliphatic rings. The lowest BCUT2D eigenvalue weighted by atomic mass is 10.0. The van der Waals surface area contributed by atoms with Crippen LogP contribution in [0.5, 0.6) is 0 Å². The van der Waals surface area contributed by atoms with Crippen LogP contribution in [0.1, 0.15) is 37.0 Å². The predicted octanol–water partition coefficient (Wildman–Crippen LogP) is 3.03. The third-order valence-electron chi connectivity index (χ3n) is 4.55. The third kappa shape index (κ3) is 4.10. The Hall–Kier alpha value is -1.98. The molecule has 0 bridgehead atoms. The van der Waals surface area contributed by atoms with Gasteiger partial charge in [0.2, 0.25) is 0 Å². The van der Waals surface area contributed by atoms with E-state index in [1.165, 1.54) is 25.0 Å². The summed E-state index contributed by atoms with van der Waals surface area (Å²) in [5.74, 6) is 0.742. The van der Waals surface area contributed by atoms with E-state index in [-0.39, 0.29) is 11.9 Å². The molecule has 0 saturated carbocycles. The maximum Gasteiger partial charge on any atom is 0.128 e. The standard InChI is InChI=1S/C19H24FN3O/c1-14(19(24)16-5-7-17(20)8-6-16)21-12-15-4-9-18(22-13-15)23-10-2-3-11-23/h4-9,13-14,19,21,24H,2-3,10-12H2,1H3. The summed E-state index contributed by atoms with van der Waals surface area (Å²) in [4.78, 5) is 6.84. The summed E-state index contributed by atoms with van der Waals surface area (Å²) in [6, 6.07) is 9.95. The topological polar surface area (TPSA) is 48.4 Å². The van der Waals surface area contributed by atoms with Crippen LogP contribution in [0.3, 0.4) is 0 Å². The molecule has 2 aromatic rings. The van der Waals surface area contributed by atoms with Gasteiger partial charge in [-0.3, -0.25) is 0 Å². The lowest BCUT2D eigenvalue weighted by molar-refractivity contribution is 0.135. The summed E-state index contributed by atoms with van der Waals surface area (Å²) < 4.78 is 13.0. The molecule has 1 aromatic heterocycles. The van der Waals surface area contributed by atoms with Gasteiger partial charge in [0, 0.05) is 31.9 Å². The number of nitrogens with one attached hydrogen (secondary N) is 1. The van der Waals surface area contributed by atoms with Gasteiger partial charge in [-0.2, -0.15) is 0 Å². The molecule has 24 heavy (non-hydrogen) atoms. The third-order valence-corrected chi connectivity index (χ3v) is 4.55. The molecule has 1 aromatic carbocycles. The van der Waals surface area contributed by atoms with Crippen molar-refractivity contribution in [2.24, 2.45) is 0 Å². The van der Waals surface area contributed by atoms with Gasteiger partial charge < -0.3 is 15.3 Å². The van der Waals surface area contributed by atoms with Gasteiger partial charge in [0.25, 0.3) is 0 Å². The van der Waals surface area contributed by atoms with E-state index >= 15 is 0 Å². The molecule has 3 rings (SSSR count). The Morgan fingerprint density at radius 3 is 2.50 bits per heavy atom. The highest BCUT2D eigenvalue weighted by Crippen LogP contribution is 2.19. The molecule has 2 heterocycles. The molecule has 5 heteroatoms. The number of benzene rings is 1. The summed E-state index contributed by atoms with van der Waals surface area (Å²) in [6.07, 6.45) is 3.69. The summed E-state index contributed by atoms with van der Waals surface area (Å²) in [5, 5.41) is 13.6. The largest absolute Gasteiger partial charge is 0.387 e. The van der Waals surface area contributed by atoms with Crippen LogP contribution in [0, 0.1) is 5.82 Å². The second kappa shape index (κ2) is 7.73. The first-order valence-electron chi connectivity index (χ1n) is 8.50. The fraction of sp³-hybridized carbons (Fsp3) is 0.421. The SMILES string of the molecule is CC(NCc1ccc(N2CCCC2)nc1)C(O)c1ccc(F)cc1. The van der Waals surface area contributed by atoms with E-state index in [4.69, 9.17) is 0 Å². The maximum absolute atomic E-state index is 13.0. The smallest absolute Gasteiger partial charge is 0.128 e. The van der Waals surface area contributed by atoms with E-state index in [0.717, 1.165) is 24.5 Å². The van der Waals surface area contributed by atoms with Crippen molar-refractivity contribution in [2.45, 2.75) is 38.5 Å². The minimum atomic E-state index is -0.678. The van der Waals surface area contributed by atoms with Crippen molar-refractivity contribution in [1.29, 1.82) is 0 Å². The average Bonchev–Trinajstić information content (AvgIpc) is 3.15. The number of nitrogens with zero attached hydrogens (tertiary/aromatic N) is 2. The number of rotatable bonds is 6. The number of aliphatic hydroxyl groups is 1. The molecule has 0 spiro atoms. The van der Waals surface area contributed by atoms with Gasteiger partial charge >= 0.3 is 0 Å². The van der Waals surface area contributed by atoms with Crippen molar-refractivity contribution in [1.82, 2.24) is 10.3 Å². The molecular weight excluding hydrogens is 305 g/mol. The van der Waals surface area contributed by atoms with E-state index in [0.29, 0.717) is 12.1 Å². The number of hydrogen-bond acceptors (Lipinski definition) is 4. The van der Waals surface area contributed by atoms with E-state index in [9.17, 15) is 9.50 Å². The minimum absolute atomic E-state index is 0.145. The second-order valence-electron chi connectivity index (χ2n) is 6.38. The highest BCUT2D eigenvalue weighted by molar-refractivity contribution is 5.40. The molecule has 2 unspecified atom stereocenters. The van der Waals surface area contributed by atoms with Crippen LogP contribution >= 0.6 is 0 Å². The van der Waals surface area contributed by atoms with Crippen LogP contribution in [-0.4, -0.2) is 29.2 Å². The lowest BCUT2D eigenvalue weighted by Crippen LogP contribution is -2.31. The van der Waals surface area contributed by atoms with Gasteiger partial charge in [-0.25, -0.2) is 9.37 Å². The van der Waals surface area contributed by atoms with E-state index in [1.54, 1.807) is 12.1 Å². The number of hydrogen-bond donors (Lipinski definition) is 2.